The lowest BCUT2D eigenvalue weighted by molar-refractivity contribution is -0.119. The molecule has 108 valence electrons. The van der Waals surface area contributed by atoms with Crippen LogP contribution >= 0.6 is 0 Å². The largest absolute Gasteiger partial charge is 0.466 e. The maximum atomic E-state index is 11.5. The molecule has 1 aromatic rings. The zero-order chi connectivity index (χ0) is 14.1. The zero-order valence-corrected chi connectivity index (χ0v) is 11.9. The number of Topliss-reactive ketones (excluding diaryl/α,β-unsaturated/α-hetero) is 1. The van der Waals surface area contributed by atoms with Gasteiger partial charge in [-0.15, -0.1) is 0 Å². The average Bonchev–Trinajstić information content (AvgIpc) is 2.80. The Morgan fingerprint density at radius 2 is 2.16 bits per heavy atom. The predicted molar refractivity (Wildman–Crippen MR) is 73.1 cm³/mol. The van der Waals surface area contributed by atoms with Crippen LogP contribution in [0.3, 0.4) is 0 Å². The van der Waals surface area contributed by atoms with E-state index < -0.39 is 6.10 Å². The molecule has 19 heavy (non-hydrogen) atoms. The van der Waals surface area contributed by atoms with Crippen LogP contribution in [0.1, 0.15) is 43.6 Å². The van der Waals surface area contributed by atoms with Crippen molar-refractivity contribution in [2.45, 2.75) is 51.6 Å². The van der Waals surface area contributed by atoms with Crippen molar-refractivity contribution in [3.8, 4) is 0 Å². The van der Waals surface area contributed by atoms with Crippen molar-refractivity contribution in [3.05, 3.63) is 23.7 Å². The number of methoxy groups -OCH3 is 1. The Hall–Kier alpha value is -1.13. The van der Waals surface area contributed by atoms with Crippen molar-refractivity contribution in [1.29, 1.82) is 0 Å². The van der Waals surface area contributed by atoms with Gasteiger partial charge in [-0.3, -0.25) is 4.79 Å². The summed E-state index contributed by atoms with van der Waals surface area (Å²) in [7, 11) is 1.63. The van der Waals surface area contributed by atoms with Crippen LogP contribution in [-0.2, 0) is 16.0 Å². The number of hydrogen-bond acceptors (Lipinski definition) is 4. The average molecular weight is 268 g/mol. The van der Waals surface area contributed by atoms with Gasteiger partial charge in [0.15, 0.2) is 0 Å². The van der Waals surface area contributed by atoms with Gasteiger partial charge < -0.3 is 14.3 Å². The molecule has 1 N–H and O–H groups in total. The first-order valence-corrected chi connectivity index (χ1v) is 6.86. The SMILES string of the molecule is COCCCC(=O)CCC(O)CCc1ccc(C)o1. The van der Waals surface area contributed by atoms with Crippen LogP contribution in [0.15, 0.2) is 16.5 Å². The van der Waals surface area contributed by atoms with Crippen LogP contribution in [0.5, 0.6) is 0 Å². The van der Waals surface area contributed by atoms with Crippen LogP contribution in [0.25, 0.3) is 0 Å². The number of aliphatic hydroxyl groups is 1. The molecular formula is C15H24O4. The molecule has 0 saturated heterocycles. The fourth-order valence-electron chi connectivity index (χ4n) is 1.94. The first-order valence-electron chi connectivity index (χ1n) is 6.86. The number of aryl methyl sites for hydroxylation is 2. The molecule has 1 atom stereocenters. The maximum absolute atomic E-state index is 11.5. The Labute approximate surface area is 114 Å². The van der Waals surface area contributed by atoms with Gasteiger partial charge in [0.1, 0.15) is 17.3 Å². The number of carbonyl (C=O) groups is 1. The molecular weight excluding hydrogens is 244 g/mol. The lowest BCUT2D eigenvalue weighted by Crippen LogP contribution is -2.11. The predicted octanol–water partition coefficient (Wildman–Crippen LogP) is 2.66. The first kappa shape index (κ1) is 15.9. The molecule has 4 heteroatoms. The fraction of sp³-hybridized carbons (Fsp3) is 0.667. The zero-order valence-electron chi connectivity index (χ0n) is 11.9. The third kappa shape index (κ3) is 7.13. The Morgan fingerprint density at radius 3 is 2.79 bits per heavy atom. The number of ketones is 1. The summed E-state index contributed by atoms with van der Waals surface area (Å²) in [6.45, 7) is 2.52. The summed E-state index contributed by atoms with van der Waals surface area (Å²) in [5.41, 5.74) is 0. The summed E-state index contributed by atoms with van der Waals surface area (Å²) in [5, 5.41) is 9.82. The number of hydrogen-bond donors (Lipinski definition) is 1. The second-order valence-corrected chi connectivity index (χ2v) is 4.88. The number of ether oxygens (including phenoxy) is 1. The second kappa shape index (κ2) is 8.88. The topological polar surface area (TPSA) is 59.7 Å². The molecule has 0 aliphatic carbocycles. The molecule has 0 radical (unpaired) electrons. The van der Waals surface area contributed by atoms with Gasteiger partial charge in [-0.05, 0) is 38.3 Å². The Balaban J connectivity index is 2.10. The lowest BCUT2D eigenvalue weighted by Gasteiger charge is -2.08. The monoisotopic (exact) mass is 268 g/mol. The van der Waals surface area contributed by atoms with Crippen molar-refractivity contribution in [2.75, 3.05) is 13.7 Å². The standard InChI is InChI=1S/C15H24O4/c1-12-5-9-15(19-12)10-8-14(17)7-6-13(16)4-3-11-18-2/h5,9,14,17H,3-4,6-8,10-11H2,1-2H3. The van der Waals surface area contributed by atoms with E-state index in [0.29, 0.717) is 38.7 Å². The number of aliphatic hydroxyl groups excluding tert-OH is 1. The highest BCUT2D eigenvalue weighted by Gasteiger charge is 2.09. The maximum Gasteiger partial charge on any atom is 0.133 e. The van der Waals surface area contributed by atoms with Gasteiger partial charge in [-0.25, -0.2) is 0 Å². The van der Waals surface area contributed by atoms with Gasteiger partial charge in [-0.1, -0.05) is 0 Å². The minimum absolute atomic E-state index is 0.199. The van der Waals surface area contributed by atoms with Gasteiger partial charge in [0.2, 0.25) is 0 Å². The second-order valence-electron chi connectivity index (χ2n) is 4.88. The van der Waals surface area contributed by atoms with Crippen molar-refractivity contribution in [2.24, 2.45) is 0 Å². The van der Waals surface area contributed by atoms with Crippen LogP contribution in [0.2, 0.25) is 0 Å². The van der Waals surface area contributed by atoms with Crippen molar-refractivity contribution in [1.82, 2.24) is 0 Å². The molecule has 0 spiro atoms. The molecule has 0 saturated carbocycles. The van der Waals surface area contributed by atoms with Crippen molar-refractivity contribution in [3.63, 3.8) is 0 Å². The van der Waals surface area contributed by atoms with E-state index in [1.807, 2.05) is 19.1 Å². The summed E-state index contributed by atoms with van der Waals surface area (Å²) in [4.78, 5) is 11.5. The van der Waals surface area contributed by atoms with Crippen LogP contribution < -0.4 is 0 Å². The van der Waals surface area contributed by atoms with E-state index in [2.05, 4.69) is 0 Å². The van der Waals surface area contributed by atoms with Gasteiger partial charge in [0.25, 0.3) is 0 Å². The van der Waals surface area contributed by atoms with Gasteiger partial charge in [-0.2, -0.15) is 0 Å². The minimum Gasteiger partial charge on any atom is -0.466 e. The number of furan rings is 1. The Kier molecular flexibility index (Phi) is 7.45. The van der Waals surface area contributed by atoms with E-state index in [1.54, 1.807) is 7.11 Å². The van der Waals surface area contributed by atoms with Gasteiger partial charge >= 0.3 is 0 Å². The summed E-state index contributed by atoms with van der Waals surface area (Å²) < 4.78 is 10.3. The lowest BCUT2D eigenvalue weighted by atomic mass is 10.0. The van der Waals surface area contributed by atoms with E-state index in [4.69, 9.17) is 9.15 Å². The summed E-state index contributed by atoms with van der Waals surface area (Å²) in [5.74, 6) is 1.98. The van der Waals surface area contributed by atoms with Crippen LogP contribution in [-0.4, -0.2) is 30.7 Å². The Morgan fingerprint density at radius 1 is 1.37 bits per heavy atom. The molecule has 1 heterocycles. The molecule has 0 fully saturated rings. The molecule has 1 unspecified atom stereocenters. The molecule has 1 aromatic heterocycles. The fourth-order valence-corrected chi connectivity index (χ4v) is 1.94. The van der Waals surface area contributed by atoms with Gasteiger partial charge in [0.05, 0.1) is 6.10 Å². The van der Waals surface area contributed by atoms with Crippen LogP contribution in [0, 0.1) is 6.92 Å². The Bertz CT molecular complexity index is 370. The highest BCUT2D eigenvalue weighted by molar-refractivity contribution is 5.78. The smallest absolute Gasteiger partial charge is 0.133 e. The highest BCUT2D eigenvalue weighted by Crippen LogP contribution is 2.12. The molecule has 4 nitrogen and oxygen atoms in total. The quantitative estimate of drug-likeness (QED) is 0.663. The van der Waals surface area contributed by atoms with E-state index in [9.17, 15) is 9.90 Å². The van der Waals surface area contributed by atoms with E-state index >= 15 is 0 Å². The number of rotatable bonds is 10. The van der Waals surface area contributed by atoms with Gasteiger partial charge in [0, 0.05) is 33.0 Å². The van der Waals surface area contributed by atoms with E-state index in [0.717, 1.165) is 17.9 Å². The van der Waals surface area contributed by atoms with E-state index in [-0.39, 0.29) is 5.78 Å². The summed E-state index contributed by atoms with van der Waals surface area (Å²) in [6, 6.07) is 3.85. The molecule has 0 aliphatic heterocycles. The number of carbonyl (C=O) groups excluding carboxylic acids is 1. The third-order valence-electron chi connectivity index (χ3n) is 3.08. The third-order valence-corrected chi connectivity index (χ3v) is 3.08. The van der Waals surface area contributed by atoms with E-state index in [1.165, 1.54) is 0 Å². The normalized spacial score (nSPS) is 12.6. The molecule has 1 rings (SSSR count). The van der Waals surface area contributed by atoms with Crippen molar-refractivity contribution >= 4 is 5.78 Å². The minimum atomic E-state index is -0.434. The summed E-state index contributed by atoms with van der Waals surface area (Å²) >= 11 is 0. The van der Waals surface area contributed by atoms with Crippen LogP contribution in [0.4, 0.5) is 0 Å². The molecule has 0 amide bonds. The highest BCUT2D eigenvalue weighted by atomic mass is 16.5. The molecule has 0 aromatic carbocycles. The van der Waals surface area contributed by atoms with Crippen molar-refractivity contribution < 1.29 is 19.1 Å². The first-order chi connectivity index (χ1) is 9.11. The summed E-state index contributed by atoms with van der Waals surface area (Å²) in [6.07, 6.45) is 3.20. The molecule has 0 aliphatic rings. The molecule has 0 bridgehead atoms.